The van der Waals surface area contributed by atoms with Gasteiger partial charge in [0.2, 0.25) is 0 Å². The minimum Gasteiger partial charge on any atom is -0.480 e. The zero-order chi connectivity index (χ0) is 14.4. The highest BCUT2D eigenvalue weighted by molar-refractivity contribution is 5.84. The summed E-state index contributed by atoms with van der Waals surface area (Å²) in [5, 5.41) is 9.56. The molecule has 0 saturated heterocycles. The van der Waals surface area contributed by atoms with Crippen LogP contribution in [0.25, 0.3) is 0 Å². The van der Waals surface area contributed by atoms with Crippen molar-refractivity contribution in [3.05, 3.63) is 29.8 Å². The first kappa shape index (κ1) is 12.7. The summed E-state index contributed by atoms with van der Waals surface area (Å²) in [7, 11) is 0. The largest absolute Gasteiger partial charge is 0.480 e. The highest BCUT2D eigenvalue weighted by Crippen LogP contribution is 2.44. The molecule has 0 aromatic heterocycles. The zero-order valence-electron chi connectivity index (χ0n) is 11.9. The van der Waals surface area contributed by atoms with Gasteiger partial charge in [-0.25, -0.2) is 0 Å². The van der Waals surface area contributed by atoms with Crippen molar-refractivity contribution in [2.24, 2.45) is 0 Å². The molecule has 1 aliphatic heterocycles. The molecule has 2 fully saturated rings. The van der Waals surface area contributed by atoms with Crippen LogP contribution in [0.1, 0.15) is 37.7 Å². The Hall–Kier alpha value is -2.02. The molecule has 3 aliphatic rings. The average Bonchev–Trinajstić information content (AvgIpc) is 3.19. The van der Waals surface area contributed by atoms with E-state index in [2.05, 4.69) is 6.07 Å². The summed E-state index contributed by atoms with van der Waals surface area (Å²) in [5.41, 5.74) is 0.530. The van der Waals surface area contributed by atoms with Crippen molar-refractivity contribution in [3.8, 4) is 11.8 Å². The van der Waals surface area contributed by atoms with Gasteiger partial charge in [0.15, 0.2) is 6.10 Å². The highest BCUT2D eigenvalue weighted by Gasteiger charge is 2.53. The molecule has 1 heterocycles. The fourth-order valence-corrected chi connectivity index (χ4v) is 3.47. The Kier molecular flexibility index (Phi) is 2.72. The van der Waals surface area contributed by atoms with E-state index >= 15 is 0 Å². The average molecular weight is 282 g/mol. The number of fused-ring (bicyclic) bond motifs is 1. The van der Waals surface area contributed by atoms with Crippen molar-refractivity contribution in [3.63, 3.8) is 0 Å². The topological polar surface area (TPSA) is 53.3 Å². The monoisotopic (exact) mass is 282 g/mol. The molecule has 1 aromatic carbocycles. The van der Waals surface area contributed by atoms with Gasteiger partial charge < -0.3 is 9.64 Å². The molecule has 1 atom stereocenters. The van der Waals surface area contributed by atoms with Crippen molar-refractivity contribution in [1.29, 1.82) is 5.26 Å². The van der Waals surface area contributed by atoms with Crippen LogP contribution in [-0.4, -0.2) is 28.5 Å². The van der Waals surface area contributed by atoms with Crippen LogP contribution in [0.4, 0.5) is 0 Å². The Bertz CT molecular complexity index is 601. The Morgan fingerprint density at radius 2 is 2.10 bits per heavy atom. The van der Waals surface area contributed by atoms with Crippen LogP contribution in [0.15, 0.2) is 24.3 Å². The van der Waals surface area contributed by atoms with Gasteiger partial charge in [-0.3, -0.25) is 4.79 Å². The van der Waals surface area contributed by atoms with Gasteiger partial charge in [0.1, 0.15) is 11.3 Å². The van der Waals surface area contributed by atoms with Gasteiger partial charge in [-0.2, -0.15) is 5.26 Å². The van der Waals surface area contributed by atoms with Crippen molar-refractivity contribution in [2.45, 2.75) is 56.2 Å². The van der Waals surface area contributed by atoms with Crippen LogP contribution in [0.3, 0.4) is 0 Å². The fraction of sp³-hybridized carbons (Fsp3) is 0.529. The van der Waals surface area contributed by atoms with E-state index in [9.17, 15) is 10.1 Å². The lowest BCUT2D eigenvalue weighted by molar-refractivity contribution is -0.146. The van der Waals surface area contributed by atoms with Gasteiger partial charge in [0.25, 0.3) is 5.91 Å². The molecule has 21 heavy (non-hydrogen) atoms. The molecule has 4 nitrogen and oxygen atoms in total. The molecule has 0 spiro atoms. The molecule has 4 rings (SSSR count). The summed E-state index contributed by atoms with van der Waals surface area (Å²) in [4.78, 5) is 14.8. The molecule has 1 unspecified atom stereocenters. The van der Waals surface area contributed by atoms with E-state index in [0.29, 0.717) is 6.42 Å². The molecule has 0 N–H and O–H groups in total. The third-order valence-electron chi connectivity index (χ3n) is 4.92. The van der Waals surface area contributed by atoms with Crippen LogP contribution < -0.4 is 4.74 Å². The predicted molar refractivity (Wildman–Crippen MR) is 76.6 cm³/mol. The number of rotatable bonds is 3. The molecular formula is C17H18N2O2. The third kappa shape index (κ3) is 1.91. The first-order valence-corrected chi connectivity index (χ1v) is 7.72. The van der Waals surface area contributed by atoms with Crippen molar-refractivity contribution in [1.82, 2.24) is 4.90 Å². The molecule has 1 aromatic rings. The van der Waals surface area contributed by atoms with Crippen LogP contribution >= 0.6 is 0 Å². The molecule has 108 valence electrons. The molecule has 0 bridgehead atoms. The van der Waals surface area contributed by atoms with Crippen molar-refractivity contribution < 1.29 is 9.53 Å². The normalized spacial score (nSPS) is 25.2. The van der Waals surface area contributed by atoms with Gasteiger partial charge >= 0.3 is 0 Å². The van der Waals surface area contributed by atoms with Gasteiger partial charge in [0.05, 0.1) is 6.07 Å². The number of hydrogen-bond donors (Lipinski definition) is 0. The number of para-hydroxylation sites is 1. The first-order chi connectivity index (χ1) is 10.2. The quantitative estimate of drug-likeness (QED) is 0.855. The summed E-state index contributed by atoms with van der Waals surface area (Å²) in [6.45, 7) is 0. The Labute approximate surface area is 124 Å². The summed E-state index contributed by atoms with van der Waals surface area (Å²) >= 11 is 0. The van der Waals surface area contributed by atoms with Crippen LogP contribution in [-0.2, 0) is 11.2 Å². The fourth-order valence-electron chi connectivity index (χ4n) is 3.47. The number of carbonyl (C=O) groups is 1. The number of carbonyl (C=O) groups excluding carboxylic acids is 1. The summed E-state index contributed by atoms with van der Waals surface area (Å²) in [5.74, 6) is 0.821. The van der Waals surface area contributed by atoms with Gasteiger partial charge in [-0.05, 0) is 43.7 Å². The molecule has 2 saturated carbocycles. The van der Waals surface area contributed by atoms with Gasteiger partial charge in [-0.15, -0.1) is 0 Å². The van der Waals surface area contributed by atoms with Crippen LogP contribution in [0, 0.1) is 11.3 Å². The standard InChI is InChI=1S/C17H18N2O2/c18-11-17(8-3-9-17)19(13-6-7-13)16(20)15-10-12-4-1-2-5-14(12)21-15/h1-2,4-5,13,15H,3,6-10H2. The van der Waals surface area contributed by atoms with Crippen LogP contribution in [0.2, 0.25) is 0 Å². The SMILES string of the molecule is N#CC1(N(C(=O)C2Cc3ccccc3O2)C2CC2)CCC1. The Morgan fingerprint density at radius 1 is 1.33 bits per heavy atom. The van der Waals surface area contributed by atoms with E-state index in [4.69, 9.17) is 4.74 Å². The lowest BCUT2D eigenvalue weighted by Gasteiger charge is -2.46. The number of nitriles is 1. The number of amides is 1. The number of nitrogens with zero attached hydrogens (tertiary/aromatic N) is 2. The Balaban J connectivity index is 1.58. The van der Waals surface area contributed by atoms with Gasteiger partial charge in [0, 0.05) is 12.5 Å². The van der Waals surface area contributed by atoms with Crippen molar-refractivity contribution >= 4 is 5.91 Å². The summed E-state index contributed by atoms with van der Waals surface area (Å²) < 4.78 is 5.84. The maximum absolute atomic E-state index is 12.9. The second-order valence-corrected chi connectivity index (χ2v) is 6.35. The van der Waals surface area contributed by atoms with Crippen molar-refractivity contribution in [2.75, 3.05) is 0 Å². The van der Waals surface area contributed by atoms with E-state index in [1.54, 1.807) is 0 Å². The third-order valence-corrected chi connectivity index (χ3v) is 4.92. The molecule has 2 aliphatic carbocycles. The van der Waals surface area contributed by atoms with E-state index in [1.165, 1.54) is 0 Å². The minimum atomic E-state index is -0.559. The maximum atomic E-state index is 12.9. The summed E-state index contributed by atoms with van der Waals surface area (Å²) in [6, 6.07) is 10.5. The Morgan fingerprint density at radius 3 is 2.67 bits per heavy atom. The minimum absolute atomic E-state index is 0.00921. The molecule has 1 amide bonds. The molecule has 0 radical (unpaired) electrons. The first-order valence-electron chi connectivity index (χ1n) is 7.72. The lowest BCUT2D eigenvalue weighted by Crippen LogP contribution is -2.59. The molecule has 4 heteroatoms. The van der Waals surface area contributed by atoms with Gasteiger partial charge in [-0.1, -0.05) is 18.2 Å². The second kappa shape index (κ2) is 4.49. The lowest BCUT2D eigenvalue weighted by atomic mass is 9.76. The number of hydrogen-bond acceptors (Lipinski definition) is 3. The zero-order valence-corrected chi connectivity index (χ0v) is 11.9. The van der Waals surface area contributed by atoms with E-state index < -0.39 is 11.6 Å². The van der Waals surface area contributed by atoms with Crippen LogP contribution in [0.5, 0.6) is 5.75 Å². The predicted octanol–water partition coefficient (Wildman–Crippen LogP) is 2.43. The van der Waals surface area contributed by atoms with E-state index in [-0.39, 0.29) is 11.9 Å². The summed E-state index contributed by atoms with van der Waals surface area (Å²) in [6.07, 6.45) is 4.88. The number of benzene rings is 1. The highest BCUT2D eigenvalue weighted by atomic mass is 16.5. The smallest absolute Gasteiger partial charge is 0.265 e. The van der Waals surface area contributed by atoms with E-state index in [0.717, 1.165) is 43.4 Å². The second-order valence-electron chi connectivity index (χ2n) is 6.35. The number of ether oxygens (including phenoxy) is 1. The maximum Gasteiger partial charge on any atom is 0.265 e. The van der Waals surface area contributed by atoms with E-state index in [1.807, 2.05) is 29.2 Å². The molecular weight excluding hydrogens is 264 g/mol.